The van der Waals surface area contributed by atoms with E-state index in [0.717, 1.165) is 10.6 Å². The van der Waals surface area contributed by atoms with Gasteiger partial charge >= 0.3 is 0 Å². The average molecular weight is 299 g/mol. The molecule has 0 amide bonds. The Hall–Kier alpha value is -2.47. The van der Waals surface area contributed by atoms with Crippen LogP contribution in [-0.4, -0.2) is 17.1 Å². The van der Waals surface area contributed by atoms with Crippen LogP contribution in [0.2, 0.25) is 0 Å². The van der Waals surface area contributed by atoms with Crippen LogP contribution in [0.25, 0.3) is 10.9 Å². The number of benzene rings is 2. The van der Waals surface area contributed by atoms with Gasteiger partial charge in [-0.05, 0) is 42.1 Å². The van der Waals surface area contributed by atoms with Gasteiger partial charge in [-0.25, -0.2) is 4.98 Å². The Morgan fingerprint density at radius 3 is 2.86 bits per heavy atom. The van der Waals surface area contributed by atoms with Crippen molar-refractivity contribution in [1.82, 2.24) is 9.97 Å². The molecule has 5 nitrogen and oxygen atoms in total. The number of hydrogen-bond acceptors (Lipinski definition) is 5. The lowest BCUT2D eigenvalue weighted by atomic mass is 10.2. The van der Waals surface area contributed by atoms with Gasteiger partial charge in [0.1, 0.15) is 5.75 Å². The molecule has 0 aliphatic carbocycles. The van der Waals surface area contributed by atoms with E-state index < -0.39 is 0 Å². The Labute approximate surface area is 125 Å². The molecule has 3 N–H and O–H groups in total. The van der Waals surface area contributed by atoms with Gasteiger partial charge in [-0.15, -0.1) is 0 Å². The Bertz CT molecular complexity index is 861. The topological polar surface area (TPSA) is 81.0 Å². The second-order valence-corrected chi connectivity index (χ2v) is 5.43. The summed E-state index contributed by atoms with van der Waals surface area (Å²) in [5.74, 6) is 0.738. The summed E-state index contributed by atoms with van der Waals surface area (Å²) in [6, 6.07) is 12.7. The molecule has 3 aromatic rings. The number of H-pyrrole nitrogens is 1. The number of nitrogens with one attached hydrogen (secondary N) is 1. The number of nitrogens with zero attached hydrogens (tertiary/aromatic N) is 1. The Kier molecular flexibility index (Phi) is 3.53. The maximum Gasteiger partial charge on any atom is 0.259 e. The number of nitrogen functional groups attached to an aromatic ring is 1. The highest BCUT2D eigenvalue weighted by Gasteiger charge is 2.08. The number of aromatic nitrogens is 2. The zero-order valence-electron chi connectivity index (χ0n) is 11.3. The van der Waals surface area contributed by atoms with E-state index in [4.69, 9.17) is 10.5 Å². The van der Waals surface area contributed by atoms with Crippen molar-refractivity contribution in [2.45, 2.75) is 10.1 Å². The first-order valence-electron chi connectivity index (χ1n) is 6.28. The monoisotopic (exact) mass is 299 g/mol. The molecular formula is C15H13N3O2S. The van der Waals surface area contributed by atoms with Crippen molar-refractivity contribution in [1.29, 1.82) is 0 Å². The molecule has 0 aliphatic heterocycles. The predicted molar refractivity (Wildman–Crippen MR) is 83.9 cm³/mol. The largest absolute Gasteiger partial charge is 0.496 e. The van der Waals surface area contributed by atoms with E-state index in [0.29, 0.717) is 21.7 Å². The van der Waals surface area contributed by atoms with Gasteiger partial charge < -0.3 is 15.5 Å². The summed E-state index contributed by atoms with van der Waals surface area (Å²) in [5.41, 5.74) is 6.64. The lowest BCUT2D eigenvalue weighted by molar-refractivity contribution is 0.405. The van der Waals surface area contributed by atoms with Crippen molar-refractivity contribution in [3.63, 3.8) is 0 Å². The minimum atomic E-state index is -0.204. The number of rotatable bonds is 3. The van der Waals surface area contributed by atoms with Crippen LogP contribution < -0.4 is 16.0 Å². The molecule has 21 heavy (non-hydrogen) atoms. The van der Waals surface area contributed by atoms with Crippen LogP contribution >= 0.6 is 11.8 Å². The van der Waals surface area contributed by atoms with Gasteiger partial charge in [-0.3, -0.25) is 4.79 Å². The Morgan fingerprint density at radius 2 is 2.05 bits per heavy atom. The summed E-state index contributed by atoms with van der Waals surface area (Å²) >= 11 is 1.35. The summed E-state index contributed by atoms with van der Waals surface area (Å²) < 4.78 is 5.29. The molecule has 0 saturated heterocycles. The molecule has 106 valence electrons. The Morgan fingerprint density at radius 1 is 1.24 bits per heavy atom. The van der Waals surface area contributed by atoms with Crippen LogP contribution in [0.3, 0.4) is 0 Å². The average Bonchev–Trinajstić information content (AvgIpc) is 2.49. The number of methoxy groups -OCH3 is 1. The summed E-state index contributed by atoms with van der Waals surface area (Å²) in [6.45, 7) is 0. The number of hydrogen-bond donors (Lipinski definition) is 2. The highest BCUT2D eigenvalue weighted by molar-refractivity contribution is 7.99. The third-order valence-electron chi connectivity index (χ3n) is 2.98. The minimum Gasteiger partial charge on any atom is -0.496 e. The fourth-order valence-corrected chi connectivity index (χ4v) is 2.89. The molecule has 0 radical (unpaired) electrons. The molecule has 0 fully saturated rings. The van der Waals surface area contributed by atoms with Crippen molar-refractivity contribution in [2.24, 2.45) is 0 Å². The van der Waals surface area contributed by atoms with E-state index in [1.165, 1.54) is 11.8 Å². The predicted octanol–water partition coefficient (Wildman–Crippen LogP) is 2.67. The SMILES string of the molecule is COc1ccccc1Sc1nc2ccc(N)cc2c(=O)[nH]1. The number of para-hydroxylation sites is 1. The van der Waals surface area contributed by atoms with Gasteiger partial charge in [-0.1, -0.05) is 12.1 Å². The molecule has 3 rings (SSSR count). The first-order valence-corrected chi connectivity index (χ1v) is 7.09. The molecule has 1 aromatic heterocycles. The van der Waals surface area contributed by atoms with Crippen molar-refractivity contribution in [2.75, 3.05) is 12.8 Å². The number of anilines is 1. The van der Waals surface area contributed by atoms with E-state index in [-0.39, 0.29) is 5.56 Å². The van der Waals surface area contributed by atoms with Crippen LogP contribution in [0.5, 0.6) is 5.75 Å². The third kappa shape index (κ3) is 2.71. The van der Waals surface area contributed by atoms with Gasteiger partial charge in [-0.2, -0.15) is 0 Å². The minimum absolute atomic E-state index is 0.204. The first-order chi connectivity index (χ1) is 10.2. The van der Waals surface area contributed by atoms with Gasteiger partial charge in [0.15, 0.2) is 5.16 Å². The second kappa shape index (κ2) is 5.49. The maximum atomic E-state index is 12.1. The van der Waals surface area contributed by atoms with E-state index in [1.54, 1.807) is 25.3 Å². The Balaban J connectivity index is 2.05. The quantitative estimate of drug-likeness (QED) is 0.574. The zero-order valence-corrected chi connectivity index (χ0v) is 12.1. The van der Waals surface area contributed by atoms with E-state index >= 15 is 0 Å². The zero-order chi connectivity index (χ0) is 14.8. The van der Waals surface area contributed by atoms with Crippen LogP contribution in [0, 0.1) is 0 Å². The van der Waals surface area contributed by atoms with Crippen LogP contribution in [0.1, 0.15) is 0 Å². The van der Waals surface area contributed by atoms with Crippen molar-refractivity contribution < 1.29 is 4.74 Å². The normalized spacial score (nSPS) is 10.7. The number of nitrogens with two attached hydrogens (primary N) is 1. The lowest BCUT2D eigenvalue weighted by Crippen LogP contribution is -2.09. The van der Waals surface area contributed by atoms with Gasteiger partial charge in [0.25, 0.3) is 5.56 Å². The standard InChI is InChI=1S/C15H13N3O2S/c1-20-12-4-2-3-5-13(12)21-15-17-11-7-6-9(16)8-10(11)14(19)18-15/h2-8H,16H2,1H3,(H,17,18,19). The summed E-state index contributed by atoms with van der Waals surface area (Å²) in [4.78, 5) is 20.2. The summed E-state index contributed by atoms with van der Waals surface area (Å²) in [7, 11) is 1.61. The molecule has 0 spiro atoms. The van der Waals surface area contributed by atoms with Crippen molar-refractivity contribution >= 4 is 28.4 Å². The van der Waals surface area contributed by atoms with Crippen molar-refractivity contribution in [3.8, 4) is 5.75 Å². The molecule has 6 heteroatoms. The van der Waals surface area contributed by atoms with E-state index in [1.807, 2.05) is 24.3 Å². The molecule has 0 bridgehead atoms. The highest BCUT2D eigenvalue weighted by Crippen LogP contribution is 2.32. The van der Waals surface area contributed by atoms with Gasteiger partial charge in [0, 0.05) is 5.69 Å². The van der Waals surface area contributed by atoms with Gasteiger partial charge in [0.2, 0.25) is 0 Å². The second-order valence-electron chi connectivity index (χ2n) is 4.40. The molecule has 1 heterocycles. The summed E-state index contributed by atoms with van der Waals surface area (Å²) in [5, 5.41) is 1.00. The molecule has 0 unspecified atom stereocenters. The van der Waals surface area contributed by atoms with Crippen LogP contribution in [-0.2, 0) is 0 Å². The van der Waals surface area contributed by atoms with Crippen molar-refractivity contribution in [3.05, 3.63) is 52.8 Å². The van der Waals surface area contributed by atoms with Gasteiger partial charge in [0.05, 0.1) is 22.9 Å². The number of fused-ring (bicyclic) bond motifs is 1. The van der Waals surface area contributed by atoms with Crippen LogP contribution in [0.15, 0.2) is 57.3 Å². The fraction of sp³-hybridized carbons (Fsp3) is 0.0667. The molecule has 2 aromatic carbocycles. The molecule has 0 aliphatic rings. The fourth-order valence-electron chi connectivity index (χ4n) is 1.99. The number of ether oxygens (including phenoxy) is 1. The van der Waals surface area contributed by atoms with E-state index in [9.17, 15) is 4.79 Å². The van der Waals surface area contributed by atoms with E-state index in [2.05, 4.69) is 9.97 Å². The first kappa shape index (κ1) is 13.5. The third-order valence-corrected chi connectivity index (χ3v) is 3.93. The maximum absolute atomic E-state index is 12.1. The lowest BCUT2D eigenvalue weighted by Gasteiger charge is -2.07. The molecular weight excluding hydrogens is 286 g/mol. The number of aromatic amines is 1. The summed E-state index contributed by atoms with van der Waals surface area (Å²) in [6.07, 6.45) is 0. The van der Waals surface area contributed by atoms with Crippen LogP contribution in [0.4, 0.5) is 5.69 Å². The molecule has 0 saturated carbocycles. The highest BCUT2D eigenvalue weighted by atomic mass is 32.2. The smallest absolute Gasteiger partial charge is 0.259 e. The molecule has 0 atom stereocenters.